The van der Waals surface area contributed by atoms with E-state index in [9.17, 15) is 28.1 Å². The van der Waals surface area contributed by atoms with Crippen molar-refractivity contribution in [2.24, 2.45) is 0 Å². The normalized spacial score (nSPS) is 18.3. The van der Waals surface area contributed by atoms with Crippen LogP contribution in [0.25, 0.3) is 5.57 Å². The van der Waals surface area contributed by atoms with Crippen LogP contribution in [0.3, 0.4) is 0 Å². The van der Waals surface area contributed by atoms with Crippen molar-refractivity contribution in [1.29, 1.82) is 0 Å². The molecule has 1 atom stereocenters. The predicted molar refractivity (Wildman–Crippen MR) is 118 cm³/mol. The minimum Gasteiger partial charge on any atom is -0.496 e. The number of nitrogens with one attached hydrogen (secondary N) is 1. The van der Waals surface area contributed by atoms with Crippen LogP contribution in [0.1, 0.15) is 24.0 Å². The first-order valence-corrected chi connectivity index (χ1v) is 11.3. The van der Waals surface area contributed by atoms with Crippen molar-refractivity contribution < 1.29 is 27.7 Å². The molecule has 33 heavy (non-hydrogen) atoms. The van der Waals surface area contributed by atoms with E-state index in [1.165, 1.54) is 13.3 Å². The zero-order valence-electron chi connectivity index (χ0n) is 17.6. The van der Waals surface area contributed by atoms with Crippen LogP contribution in [0.15, 0.2) is 72.3 Å². The summed E-state index contributed by atoms with van der Waals surface area (Å²) < 4.78 is 33.5. The van der Waals surface area contributed by atoms with Crippen LogP contribution < -0.4 is 4.72 Å². The third-order valence-electron chi connectivity index (χ3n) is 5.19. The first-order chi connectivity index (χ1) is 15.7. The molecule has 3 rings (SSSR count). The minimum absolute atomic E-state index is 0.0341. The molecule has 0 fully saturated rings. The first kappa shape index (κ1) is 23.8. The fourth-order valence-electron chi connectivity index (χ4n) is 3.55. The lowest BCUT2D eigenvalue weighted by molar-refractivity contribution is -0.525. The van der Waals surface area contributed by atoms with Crippen molar-refractivity contribution in [3.63, 3.8) is 0 Å². The van der Waals surface area contributed by atoms with E-state index in [4.69, 9.17) is 4.74 Å². The van der Waals surface area contributed by atoms with E-state index in [2.05, 4.69) is 4.98 Å². The van der Waals surface area contributed by atoms with Gasteiger partial charge in [0.05, 0.1) is 19.1 Å². The molecule has 1 aromatic heterocycles. The van der Waals surface area contributed by atoms with Crippen molar-refractivity contribution >= 4 is 27.8 Å². The zero-order valence-corrected chi connectivity index (χ0v) is 18.4. The van der Waals surface area contributed by atoms with E-state index < -0.39 is 32.1 Å². The monoisotopic (exact) mass is 471 g/mol. The van der Waals surface area contributed by atoms with Crippen molar-refractivity contribution in [1.82, 2.24) is 9.71 Å². The number of nitro groups is 1. The number of ether oxygens (including phenoxy) is 1. The van der Waals surface area contributed by atoms with Gasteiger partial charge in [0, 0.05) is 35.4 Å². The highest BCUT2D eigenvalue weighted by molar-refractivity contribution is 7.91. The lowest BCUT2D eigenvalue weighted by atomic mass is 9.89. The summed E-state index contributed by atoms with van der Waals surface area (Å²) >= 11 is 0. The second-order valence-electron chi connectivity index (χ2n) is 7.26. The minimum atomic E-state index is -4.90. The second kappa shape index (κ2) is 9.74. The van der Waals surface area contributed by atoms with Crippen molar-refractivity contribution in [2.45, 2.75) is 24.1 Å². The highest BCUT2D eigenvalue weighted by Gasteiger charge is 2.58. The van der Waals surface area contributed by atoms with Gasteiger partial charge in [0.25, 0.3) is 0 Å². The summed E-state index contributed by atoms with van der Waals surface area (Å²) in [4.78, 5) is 36.4. The van der Waals surface area contributed by atoms with Gasteiger partial charge in [0.15, 0.2) is 6.29 Å². The van der Waals surface area contributed by atoms with Crippen LogP contribution in [-0.2, 0) is 30.8 Å². The third-order valence-corrected chi connectivity index (χ3v) is 7.03. The molecule has 1 unspecified atom stereocenters. The molecule has 1 aliphatic carbocycles. The van der Waals surface area contributed by atoms with Gasteiger partial charge in [-0.1, -0.05) is 36.4 Å². The van der Waals surface area contributed by atoms with Gasteiger partial charge in [-0.15, -0.1) is 0 Å². The number of hydrogen-bond acceptors (Lipinski definition) is 8. The fourth-order valence-corrected chi connectivity index (χ4v) is 4.94. The van der Waals surface area contributed by atoms with Gasteiger partial charge < -0.3 is 4.74 Å². The molecule has 10 nitrogen and oxygen atoms in total. The Hall–Kier alpha value is -3.86. The number of sulfonamides is 1. The number of pyridine rings is 1. The van der Waals surface area contributed by atoms with Gasteiger partial charge in [-0.3, -0.25) is 24.7 Å². The van der Waals surface area contributed by atoms with Crippen molar-refractivity contribution in [2.75, 3.05) is 7.11 Å². The molecule has 172 valence electrons. The van der Waals surface area contributed by atoms with Gasteiger partial charge in [0.2, 0.25) is 5.91 Å². The average Bonchev–Trinajstić information content (AvgIpc) is 2.82. The Bertz CT molecular complexity index is 1230. The fraction of sp³-hybridized carbons (Fsp3) is 0.227. The predicted octanol–water partition coefficient (Wildman–Crippen LogP) is 2.02. The number of amides is 1. The van der Waals surface area contributed by atoms with Gasteiger partial charge in [0.1, 0.15) is 5.76 Å². The molecule has 2 aromatic rings. The Balaban J connectivity index is 1.97. The van der Waals surface area contributed by atoms with E-state index in [1.807, 2.05) is 4.72 Å². The maximum Gasteiger partial charge on any atom is 0.360 e. The van der Waals surface area contributed by atoms with Crippen LogP contribution in [-0.4, -0.2) is 42.5 Å². The van der Waals surface area contributed by atoms with Gasteiger partial charge in [-0.25, -0.2) is 4.72 Å². The number of methoxy groups -OCH3 is 1. The lowest BCUT2D eigenvalue weighted by Crippen LogP contribution is -2.53. The molecular formula is C22H21N3O7S. The van der Waals surface area contributed by atoms with Crippen molar-refractivity contribution in [3.8, 4) is 0 Å². The highest BCUT2D eigenvalue weighted by atomic mass is 32.2. The summed E-state index contributed by atoms with van der Waals surface area (Å²) in [5.41, 5.74) is 1.01. The van der Waals surface area contributed by atoms with E-state index in [-0.39, 0.29) is 29.7 Å². The van der Waals surface area contributed by atoms with Crippen LogP contribution in [0.5, 0.6) is 0 Å². The van der Waals surface area contributed by atoms with Gasteiger partial charge in [-0.05, 0) is 23.6 Å². The maximum atomic E-state index is 13.2. The lowest BCUT2D eigenvalue weighted by Gasteiger charge is -2.29. The maximum absolute atomic E-state index is 13.2. The Kier molecular flexibility index (Phi) is 7.02. The quantitative estimate of drug-likeness (QED) is 0.332. The molecule has 0 spiro atoms. The SMILES string of the molecule is COC1=C(c2ccccc2)CC([N+](=O)[O-])(S(=O)(=O)NC(=O)CCc2cccnc2)C=C1C=O. The van der Waals surface area contributed by atoms with Crippen LogP contribution >= 0.6 is 0 Å². The van der Waals surface area contributed by atoms with Crippen LogP contribution in [0, 0.1) is 10.1 Å². The summed E-state index contributed by atoms with van der Waals surface area (Å²) in [6.07, 6.45) is 3.42. The summed E-state index contributed by atoms with van der Waals surface area (Å²) in [5.74, 6) is -0.879. The van der Waals surface area contributed by atoms with E-state index >= 15 is 0 Å². The summed E-state index contributed by atoms with van der Waals surface area (Å²) in [7, 11) is -3.62. The summed E-state index contributed by atoms with van der Waals surface area (Å²) in [6.45, 7) is 0. The Morgan fingerprint density at radius 2 is 2.00 bits per heavy atom. The molecule has 1 N–H and O–H groups in total. The van der Waals surface area contributed by atoms with E-state index in [0.29, 0.717) is 17.4 Å². The van der Waals surface area contributed by atoms with Crippen LogP contribution in [0.2, 0.25) is 0 Å². The largest absolute Gasteiger partial charge is 0.496 e. The van der Waals surface area contributed by atoms with E-state index in [0.717, 1.165) is 6.08 Å². The molecule has 1 aliphatic rings. The number of carbonyl (C=O) groups excluding carboxylic acids is 2. The molecule has 1 aromatic carbocycles. The number of benzene rings is 1. The third kappa shape index (κ3) is 4.82. The van der Waals surface area contributed by atoms with E-state index in [1.54, 1.807) is 48.7 Å². The average molecular weight is 471 g/mol. The number of hydrogen-bond donors (Lipinski definition) is 1. The molecule has 11 heteroatoms. The number of rotatable bonds is 9. The smallest absolute Gasteiger partial charge is 0.360 e. The molecule has 0 saturated carbocycles. The molecule has 1 amide bonds. The highest BCUT2D eigenvalue weighted by Crippen LogP contribution is 2.41. The number of aromatic nitrogens is 1. The molecule has 0 radical (unpaired) electrons. The Morgan fingerprint density at radius 1 is 1.27 bits per heavy atom. The molecule has 0 saturated heterocycles. The molecule has 0 aliphatic heterocycles. The van der Waals surface area contributed by atoms with Gasteiger partial charge >= 0.3 is 14.9 Å². The Morgan fingerprint density at radius 3 is 2.58 bits per heavy atom. The number of nitrogens with zero attached hydrogens (tertiary/aromatic N) is 2. The standard InChI is InChI=1S/C22H21N3O7S/c1-32-21-18(15-26)12-22(25(28)29,13-19(21)17-7-3-2-4-8-17)33(30,31)24-20(27)10-9-16-6-5-11-23-14-16/h2-8,11-12,14-15H,9-10,13H2,1H3,(H,24,27). The zero-order chi connectivity index (χ0) is 24.1. The second-order valence-corrected chi connectivity index (χ2v) is 9.18. The molecule has 0 bridgehead atoms. The summed E-state index contributed by atoms with van der Waals surface area (Å²) in [6, 6.07) is 11.7. The van der Waals surface area contributed by atoms with Gasteiger partial charge in [-0.2, -0.15) is 8.42 Å². The summed E-state index contributed by atoms with van der Waals surface area (Å²) in [5, 5.41) is 12.2. The number of carbonyl (C=O) groups is 2. The number of aldehydes is 1. The number of aryl methyl sites for hydroxylation is 1. The Labute approximate surface area is 190 Å². The molecular weight excluding hydrogens is 450 g/mol. The molecule has 1 heterocycles. The topological polar surface area (TPSA) is 146 Å². The number of allylic oxidation sites excluding steroid dienone is 1. The van der Waals surface area contributed by atoms with Crippen LogP contribution in [0.4, 0.5) is 0 Å². The van der Waals surface area contributed by atoms with Crippen molar-refractivity contribution in [3.05, 3.63) is 93.5 Å². The first-order valence-electron chi connectivity index (χ1n) is 9.83.